The molecule has 0 radical (unpaired) electrons. The summed E-state index contributed by atoms with van der Waals surface area (Å²) >= 11 is 6.15. The van der Waals surface area contributed by atoms with Gasteiger partial charge in [0.1, 0.15) is 18.1 Å². The van der Waals surface area contributed by atoms with Gasteiger partial charge in [-0.25, -0.2) is 0 Å². The molecule has 5 heteroatoms. The third-order valence-corrected chi connectivity index (χ3v) is 4.90. The van der Waals surface area contributed by atoms with Gasteiger partial charge in [0.05, 0.1) is 7.11 Å². The maximum Gasteiger partial charge on any atom is 0.251 e. The molecule has 0 fully saturated rings. The maximum absolute atomic E-state index is 12.4. The van der Waals surface area contributed by atoms with Crippen molar-refractivity contribution in [3.63, 3.8) is 0 Å². The number of hydrogen-bond acceptors (Lipinski definition) is 3. The predicted octanol–water partition coefficient (Wildman–Crippen LogP) is 5.29. The van der Waals surface area contributed by atoms with E-state index >= 15 is 0 Å². The van der Waals surface area contributed by atoms with E-state index in [9.17, 15) is 4.79 Å². The molecule has 0 bridgehead atoms. The van der Waals surface area contributed by atoms with Crippen LogP contribution in [-0.4, -0.2) is 19.6 Å². The zero-order valence-electron chi connectivity index (χ0n) is 16.4. The van der Waals surface area contributed by atoms with E-state index in [4.69, 9.17) is 21.1 Å². The van der Waals surface area contributed by atoms with Gasteiger partial charge in [0.2, 0.25) is 0 Å². The van der Waals surface area contributed by atoms with Gasteiger partial charge in [-0.05, 0) is 54.8 Å². The molecule has 0 saturated carbocycles. The smallest absolute Gasteiger partial charge is 0.251 e. The predicted molar refractivity (Wildman–Crippen MR) is 116 cm³/mol. The lowest BCUT2D eigenvalue weighted by Gasteiger charge is -2.10. The lowest BCUT2D eigenvalue weighted by molar-refractivity contribution is 0.0952. The highest BCUT2D eigenvalue weighted by molar-refractivity contribution is 6.31. The standard InChI is InChI=1S/C24H24ClNO3/c1-28-21-13-11-18(12-14-21)6-5-15-26-24(27)19-8-4-9-22(16-19)29-17-20-7-2-3-10-23(20)25/h2-4,7-14,16H,5-6,15,17H2,1H3,(H,26,27). The number of methoxy groups -OCH3 is 1. The summed E-state index contributed by atoms with van der Waals surface area (Å²) in [5, 5.41) is 3.63. The zero-order chi connectivity index (χ0) is 20.5. The second kappa shape index (κ2) is 10.5. The molecular weight excluding hydrogens is 386 g/mol. The van der Waals surface area contributed by atoms with E-state index in [1.54, 1.807) is 19.2 Å². The molecule has 0 aliphatic heterocycles. The van der Waals surface area contributed by atoms with Gasteiger partial charge < -0.3 is 14.8 Å². The highest BCUT2D eigenvalue weighted by atomic mass is 35.5. The average molecular weight is 410 g/mol. The molecule has 29 heavy (non-hydrogen) atoms. The monoisotopic (exact) mass is 409 g/mol. The molecule has 0 aliphatic carbocycles. The number of rotatable bonds is 9. The average Bonchev–Trinajstić information content (AvgIpc) is 2.76. The Labute approximate surface area is 176 Å². The highest BCUT2D eigenvalue weighted by Crippen LogP contribution is 2.19. The van der Waals surface area contributed by atoms with E-state index in [-0.39, 0.29) is 5.91 Å². The van der Waals surface area contributed by atoms with E-state index in [1.807, 2.05) is 60.7 Å². The molecule has 0 unspecified atom stereocenters. The third kappa shape index (κ3) is 6.26. The van der Waals surface area contributed by atoms with Crippen LogP contribution in [0.3, 0.4) is 0 Å². The van der Waals surface area contributed by atoms with Crippen LogP contribution in [-0.2, 0) is 13.0 Å². The number of aryl methyl sites for hydroxylation is 1. The minimum Gasteiger partial charge on any atom is -0.497 e. The minimum atomic E-state index is -0.108. The first-order valence-electron chi connectivity index (χ1n) is 9.53. The number of benzene rings is 3. The Morgan fingerprint density at radius 2 is 1.76 bits per heavy atom. The minimum absolute atomic E-state index is 0.108. The second-order valence-corrected chi connectivity index (χ2v) is 7.02. The Morgan fingerprint density at radius 3 is 2.52 bits per heavy atom. The molecule has 1 amide bonds. The molecule has 0 heterocycles. The van der Waals surface area contributed by atoms with Crippen LogP contribution in [0.5, 0.6) is 11.5 Å². The van der Waals surface area contributed by atoms with E-state index < -0.39 is 0 Å². The van der Waals surface area contributed by atoms with Crippen molar-refractivity contribution in [3.05, 3.63) is 94.5 Å². The normalized spacial score (nSPS) is 10.4. The van der Waals surface area contributed by atoms with Crippen molar-refractivity contribution >= 4 is 17.5 Å². The Morgan fingerprint density at radius 1 is 0.966 bits per heavy atom. The van der Waals surface area contributed by atoms with Gasteiger partial charge in [-0.1, -0.05) is 48.0 Å². The number of nitrogens with one attached hydrogen (secondary N) is 1. The molecule has 150 valence electrons. The van der Waals surface area contributed by atoms with E-state index in [0.29, 0.717) is 29.5 Å². The van der Waals surface area contributed by atoms with Crippen LogP contribution in [0.2, 0.25) is 5.02 Å². The molecule has 3 aromatic carbocycles. The Kier molecular flexibility index (Phi) is 7.54. The number of hydrogen-bond donors (Lipinski definition) is 1. The van der Waals surface area contributed by atoms with Gasteiger partial charge in [0, 0.05) is 22.7 Å². The molecule has 0 aliphatic rings. The summed E-state index contributed by atoms with van der Waals surface area (Å²) in [7, 11) is 1.65. The van der Waals surface area contributed by atoms with Crippen LogP contribution >= 0.6 is 11.6 Å². The van der Waals surface area contributed by atoms with Crippen LogP contribution in [0.4, 0.5) is 0 Å². The van der Waals surface area contributed by atoms with Crippen LogP contribution < -0.4 is 14.8 Å². The van der Waals surface area contributed by atoms with E-state index in [0.717, 1.165) is 24.2 Å². The van der Waals surface area contributed by atoms with Crippen LogP contribution in [0, 0.1) is 0 Å². The number of amides is 1. The SMILES string of the molecule is COc1ccc(CCCNC(=O)c2cccc(OCc3ccccc3Cl)c2)cc1. The van der Waals surface area contributed by atoms with Crippen molar-refractivity contribution < 1.29 is 14.3 Å². The van der Waals surface area contributed by atoms with Gasteiger partial charge in [0.25, 0.3) is 5.91 Å². The van der Waals surface area contributed by atoms with Crippen LogP contribution in [0.25, 0.3) is 0 Å². The first-order valence-corrected chi connectivity index (χ1v) is 9.91. The fourth-order valence-corrected chi connectivity index (χ4v) is 3.08. The maximum atomic E-state index is 12.4. The van der Waals surface area contributed by atoms with Gasteiger partial charge in [-0.3, -0.25) is 4.79 Å². The molecule has 4 nitrogen and oxygen atoms in total. The van der Waals surface area contributed by atoms with Crippen molar-refractivity contribution in [2.24, 2.45) is 0 Å². The molecule has 0 atom stereocenters. The summed E-state index contributed by atoms with van der Waals surface area (Å²) in [5.74, 6) is 1.37. The van der Waals surface area contributed by atoms with E-state index in [2.05, 4.69) is 5.32 Å². The molecule has 0 aromatic heterocycles. The lowest BCUT2D eigenvalue weighted by Crippen LogP contribution is -2.24. The molecular formula is C24H24ClNO3. The molecule has 1 N–H and O–H groups in total. The fourth-order valence-electron chi connectivity index (χ4n) is 2.89. The zero-order valence-corrected chi connectivity index (χ0v) is 17.1. The van der Waals surface area contributed by atoms with Crippen molar-refractivity contribution in [1.29, 1.82) is 0 Å². The summed E-state index contributed by atoms with van der Waals surface area (Å²) in [4.78, 5) is 12.4. The first kappa shape index (κ1) is 20.7. The van der Waals surface area contributed by atoms with Crippen LogP contribution in [0.15, 0.2) is 72.8 Å². The van der Waals surface area contributed by atoms with Gasteiger partial charge in [0.15, 0.2) is 0 Å². The van der Waals surface area contributed by atoms with Gasteiger partial charge in [-0.2, -0.15) is 0 Å². The van der Waals surface area contributed by atoms with E-state index in [1.165, 1.54) is 5.56 Å². The largest absolute Gasteiger partial charge is 0.497 e. The number of halogens is 1. The molecule has 0 spiro atoms. The van der Waals surface area contributed by atoms with Gasteiger partial charge >= 0.3 is 0 Å². The Balaban J connectivity index is 1.46. The highest BCUT2D eigenvalue weighted by Gasteiger charge is 2.07. The number of carbonyl (C=O) groups is 1. The fraction of sp³-hybridized carbons (Fsp3) is 0.208. The lowest BCUT2D eigenvalue weighted by atomic mass is 10.1. The number of ether oxygens (including phenoxy) is 2. The summed E-state index contributed by atoms with van der Waals surface area (Å²) < 4.78 is 11.0. The quantitative estimate of drug-likeness (QED) is 0.488. The second-order valence-electron chi connectivity index (χ2n) is 6.62. The van der Waals surface area contributed by atoms with Gasteiger partial charge in [-0.15, -0.1) is 0 Å². The Hall–Kier alpha value is -2.98. The van der Waals surface area contributed by atoms with Crippen LogP contribution in [0.1, 0.15) is 27.9 Å². The topological polar surface area (TPSA) is 47.6 Å². The van der Waals surface area contributed by atoms with Crippen molar-refractivity contribution in [1.82, 2.24) is 5.32 Å². The Bertz CT molecular complexity index is 941. The van der Waals surface area contributed by atoms with Crippen molar-refractivity contribution in [2.45, 2.75) is 19.4 Å². The summed E-state index contributed by atoms with van der Waals surface area (Å²) in [6, 6.07) is 22.7. The summed E-state index contributed by atoms with van der Waals surface area (Å²) in [6.07, 6.45) is 1.76. The summed E-state index contributed by atoms with van der Waals surface area (Å²) in [5.41, 5.74) is 2.70. The molecule has 3 aromatic rings. The third-order valence-electron chi connectivity index (χ3n) is 4.54. The van der Waals surface area contributed by atoms with Crippen molar-refractivity contribution in [3.8, 4) is 11.5 Å². The molecule has 0 saturated heterocycles. The first-order chi connectivity index (χ1) is 14.2. The number of carbonyl (C=O) groups excluding carboxylic acids is 1. The molecule has 3 rings (SSSR count). The summed E-state index contributed by atoms with van der Waals surface area (Å²) in [6.45, 7) is 0.960. The van der Waals surface area contributed by atoms with Crippen molar-refractivity contribution in [2.75, 3.05) is 13.7 Å².